The van der Waals surface area contributed by atoms with E-state index in [9.17, 15) is 4.39 Å². The number of hydrogen-bond acceptors (Lipinski definition) is 4. The van der Waals surface area contributed by atoms with Crippen LogP contribution in [0.1, 0.15) is 25.5 Å². The highest BCUT2D eigenvalue weighted by Gasteiger charge is 2.24. The summed E-state index contributed by atoms with van der Waals surface area (Å²) in [6, 6.07) is 2.75. The lowest BCUT2D eigenvalue weighted by molar-refractivity contribution is 0.622. The number of nitrogens with zero attached hydrogens (tertiary/aromatic N) is 4. The minimum atomic E-state index is -0.365. The molecule has 2 N–H and O–H groups in total. The molecule has 1 aliphatic rings. The quantitative estimate of drug-likeness (QED) is 0.741. The van der Waals surface area contributed by atoms with E-state index < -0.39 is 0 Å². The number of rotatable bonds is 0. The van der Waals surface area contributed by atoms with Crippen LogP contribution < -0.4 is 10.6 Å². The van der Waals surface area contributed by atoms with Crippen molar-refractivity contribution in [3.05, 3.63) is 29.6 Å². The minimum absolute atomic E-state index is 0.365. The van der Waals surface area contributed by atoms with Gasteiger partial charge in [-0.05, 0) is 13.0 Å². The maximum atomic E-state index is 13.4. The molecule has 0 atom stereocenters. The lowest BCUT2D eigenvalue weighted by Crippen LogP contribution is -2.27. The van der Waals surface area contributed by atoms with Gasteiger partial charge in [-0.25, -0.2) is 14.1 Å². The van der Waals surface area contributed by atoms with E-state index in [1.165, 1.54) is 12.1 Å². The first-order valence-corrected chi connectivity index (χ1v) is 6.29. The molecule has 0 saturated carbocycles. The van der Waals surface area contributed by atoms with Crippen LogP contribution in [0, 0.1) is 12.7 Å². The van der Waals surface area contributed by atoms with E-state index in [0.717, 1.165) is 11.5 Å². The predicted molar refractivity (Wildman–Crippen MR) is 73.9 cm³/mol. The number of nitrogen functional groups attached to an aromatic ring is 1. The molecule has 0 fully saturated rings. The summed E-state index contributed by atoms with van der Waals surface area (Å²) in [5.74, 6) is 1.10. The zero-order valence-corrected chi connectivity index (χ0v) is 11.6. The fraction of sp³-hybridized carbons (Fsp3) is 0.385. The van der Waals surface area contributed by atoms with E-state index in [2.05, 4.69) is 10.1 Å². The molecule has 0 aliphatic carbocycles. The molecular weight excluding hydrogens is 245 g/mol. The van der Waals surface area contributed by atoms with Gasteiger partial charge >= 0.3 is 0 Å². The number of hydrogen-bond donors (Lipinski definition) is 1. The smallest absolute Gasteiger partial charge is 0.152 e. The van der Waals surface area contributed by atoms with Crippen molar-refractivity contribution < 1.29 is 4.39 Å². The first kappa shape index (κ1) is 13.3. The average Bonchev–Trinajstić information content (AvgIpc) is 2.71. The van der Waals surface area contributed by atoms with Crippen molar-refractivity contribution in [2.24, 2.45) is 0 Å². The van der Waals surface area contributed by atoms with Gasteiger partial charge in [-0.2, -0.15) is 5.10 Å². The number of aromatic nitrogens is 3. The van der Waals surface area contributed by atoms with Crippen LogP contribution in [0.5, 0.6) is 0 Å². The molecule has 0 unspecified atom stereocenters. The first-order valence-electron chi connectivity index (χ1n) is 6.29. The Kier molecular flexibility index (Phi) is 3.42. The number of anilines is 2. The Morgan fingerprint density at radius 1 is 1.32 bits per heavy atom. The van der Waals surface area contributed by atoms with Crippen molar-refractivity contribution >= 4 is 11.4 Å². The number of aryl methyl sites for hydroxylation is 1. The molecule has 6 heteroatoms. The van der Waals surface area contributed by atoms with Crippen molar-refractivity contribution in [3.8, 4) is 5.69 Å². The van der Waals surface area contributed by atoms with Crippen LogP contribution >= 0.6 is 0 Å². The summed E-state index contributed by atoms with van der Waals surface area (Å²) in [5.41, 5.74) is 7.71. The second kappa shape index (κ2) is 4.87. The van der Waals surface area contributed by atoms with Gasteiger partial charge in [0.05, 0.1) is 23.6 Å². The summed E-state index contributed by atoms with van der Waals surface area (Å²) < 4.78 is 15.1. The second-order valence-corrected chi connectivity index (χ2v) is 4.21. The molecule has 0 bridgehead atoms. The highest BCUT2D eigenvalue weighted by atomic mass is 19.1. The first-order chi connectivity index (χ1) is 9.06. The largest absolute Gasteiger partial charge is 0.397 e. The van der Waals surface area contributed by atoms with Crippen LogP contribution in [0.3, 0.4) is 0 Å². The third-order valence-electron chi connectivity index (χ3n) is 2.85. The highest BCUT2D eigenvalue weighted by Crippen LogP contribution is 2.35. The molecular formula is C13H18FN5. The summed E-state index contributed by atoms with van der Waals surface area (Å²) in [6.07, 6.45) is 0. The van der Waals surface area contributed by atoms with Crippen molar-refractivity contribution in [2.75, 3.05) is 17.7 Å². The van der Waals surface area contributed by atoms with E-state index in [-0.39, 0.29) is 5.82 Å². The zero-order valence-electron chi connectivity index (χ0n) is 11.6. The SMILES string of the molecule is CC.Cc1nc2n(n1)-c1cc(F)cc(N)c1N(C)C2. The van der Waals surface area contributed by atoms with Gasteiger partial charge in [-0.3, -0.25) is 0 Å². The van der Waals surface area contributed by atoms with Crippen LogP contribution in [-0.4, -0.2) is 21.8 Å². The molecule has 0 saturated heterocycles. The molecule has 1 aromatic carbocycles. The fourth-order valence-electron chi connectivity index (χ4n) is 2.23. The minimum Gasteiger partial charge on any atom is -0.397 e. The Morgan fingerprint density at radius 3 is 2.68 bits per heavy atom. The third-order valence-corrected chi connectivity index (χ3v) is 2.85. The van der Waals surface area contributed by atoms with Crippen LogP contribution in [0.15, 0.2) is 12.1 Å². The van der Waals surface area contributed by atoms with Gasteiger partial charge in [0.2, 0.25) is 0 Å². The summed E-state index contributed by atoms with van der Waals surface area (Å²) in [6.45, 7) is 6.43. The van der Waals surface area contributed by atoms with E-state index in [1.54, 1.807) is 4.68 Å². The average molecular weight is 263 g/mol. The summed E-state index contributed by atoms with van der Waals surface area (Å²) in [5, 5.41) is 4.27. The van der Waals surface area contributed by atoms with Crippen molar-refractivity contribution in [3.63, 3.8) is 0 Å². The summed E-state index contributed by atoms with van der Waals surface area (Å²) in [7, 11) is 1.90. The van der Waals surface area contributed by atoms with Crippen molar-refractivity contribution in [2.45, 2.75) is 27.3 Å². The topological polar surface area (TPSA) is 60.0 Å². The molecule has 5 nitrogen and oxygen atoms in total. The summed E-state index contributed by atoms with van der Waals surface area (Å²) in [4.78, 5) is 6.26. The fourth-order valence-corrected chi connectivity index (χ4v) is 2.23. The van der Waals surface area contributed by atoms with Crippen LogP contribution in [0.4, 0.5) is 15.8 Å². The second-order valence-electron chi connectivity index (χ2n) is 4.21. The van der Waals surface area contributed by atoms with Gasteiger partial charge in [-0.15, -0.1) is 0 Å². The lowest BCUT2D eigenvalue weighted by atomic mass is 10.1. The standard InChI is InChI=1S/C11H12FN5.C2H6/c1-6-14-10-5-16(2)11-8(13)3-7(12)4-9(11)17(10)15-6;1-2/h3-4H,5,13H2,1-2H3;1-2H3. The molecule has 1 aliphatic heterocycles. The normalized spacial score (nSPS) is 12.4. The van der Waals surface area contributed by atoms with Gasteiger partial charge in [-0.1, -0.05) is 13.8 Å². The Bertz CT molecular complexity index is 605. The summed E-state index contributed by atoms with van der Waals surface area (Å²) >= 11 is 0. The third kappa shape index (κ3) is 2.14. The Hall–Kier alpha value is -2.11. The number of benzene rings is 1. The lowest BCUT2D eigenvalue weighted by Gasteiger charge is -2.28. The van der Waals surface area contributed by atoms with E-state index >= 15 is 0 Å². The molecule has 102 valence electrons. The van der Waals surface area contributed by atoms with Crippen molar-refractivity contribution in [1.29, 1.82) is 0 Å². The molecule has 2 aromatic rings. The van der Waals surface area contributed by atoms with E-state index in [0.29, 0.717) is 23.7 Å². The number of nitrogens with two attached hydrogens (primary N) is 1. The molecule has 19 heavy (non-hydrogen) atoms. The number of fused-ring (bicyclic) bond motifs is 3. The van der Waals surface area contributed by atoms with Crippen LogP contribution in [0.25, 0.3) is 5.69 Å². The van der Waals surface area contributed by atoms with Crippen molar-refractivity contribution in [1.82, 2.24) is 14.8 Å². The predicted octanol–water partition coefficient (Wildman–Crippen LogP) is 2.27. The number of halogens is 1. The maximum absolute atomic E-state index is 13.4. The molecule has 0 amide bonds. The molecule has 1 aromatic heterocycles. The van der Waals surface area contributed by atoms with Gasteiger partial charge in [0.15, 0.2) is 5.82 Å². The van der Waals surface area contributed by atoms with Gasteiger partial charge in [0, 0.05) is 13.1 Å². The molecule has 0 radical (unpaired) electrons. The van der Waals surface area contributed by atoms with Gasteiger partial charge in [0.25, 0.3) is 0 Å². The Labute approximate surface area is 111 Å². The molecule has 3 rings (SSSR count). The van der Waals surface area contributed by atoms with E-state index in [4.69, 9.17) is 5.73 Å². The van der Waals surface area contributed by atoms with Gasteiger partial charge < -0.3 is 10.6 Å². The Morgan fingerprint density at radius 2 is 2.00 bits per heavy atom. The monoisotopic (exact) mass is 263 g/mol. The molecule has 0 spiro atoms. The maximum Gasteiger partial charge on any atom is 0.152 e. The van der Waals surface area contributed by atoms with Gasteiger partial charge in [0.1, 0.15) is 11.6 Å². The molecule has 2 heterocycles. The van der Waals surface area contributed by atoms with Crippen LogP contribution in [0.2, 0.25) is 0 Å². The van der Waals surface area contributed by atoms with E-state index in [1.807, 2.05) is 32.7 Å². The Balaban J connectivity index is 0.000000637. The highest BCUT2D eigenvalue weighted by molar-refractivity contribution is 5.78. The zero-order chi connectivity index (χ0) is 14.2. The van der Waals surface area contributed by atoms with Crippen LogP contribution in [-0.2, 0) is 6.54 Å².